The van der Waals surface area contributed by atoms with Gasteiger partial charge >= 0.3 is 41.8 Å². The van der Waals surface area contributed by atoms with Crippen molar-refractivity contribution < 1.29 is 95.1 Å². The summed E-state index contributed by atoms with van der Waals surface area (Å²) in [5, 5.41) is 0. The first kappa shape index (κ1) is 58.3. The molecule has 20 atom stereocenters. The van der Waals surface area contributed by atoms with Gasteiger partial charge in [0.15, 0.2) is 30.9 Å². The van der Waals surface area contributed by atoms with Crippen LogP contribution in [0.4, 0.5) is 0 Å². The molecule has 6 rings (SSSR count). The van der Waals surface area contributed by atoms with E-state index < -0.39 is 126 Å². The van der Waals surface area contributed by atoms with Gasteiger partial charge in [-0.25, -0.2) is 0 Å². The minimum absolute atomic E-state index is 0.0145. The van der Waals surface area contributed by atoms with Gasteiger partial charge in [-0.1, -0.05) is 34.6 Å². The highest BCUT2D eigenvalue weighted by molar-refractivity contribution is 5.69. The van der Waals surface area contributed by atoms with Gasteiger partial charge in [0.05, 0.1) is 19.3 Å². The molecule has 0 bridgehead atoms. The highest BCUT2D eigenvalue weighted by Crippen LogP contribution is 2.71. The van der Waals surface area contributed by atoms with E-state index in [1.54, 1.807) is 0 Å². The second-order valence-electron chi connectivity index (χ2n) is 22.3. The van der Waals surface area contributed by atoms with Crippen molar-refractivity contribution in [3.8, 4) is 0 Å². The van der Waals surface area contributed by atoms with Crippen LogP contribution in [0, 0.1) is 46.3 Å². The van der Waals surface area contributed by atoms with Crippen molar-refractivity contribution in [3.63, 3.8) is 0 Å². The molecule has 20 nitrogen and oxygen atoms in total. The van der Waals surface area contributed by atoms with E-state index in [1.807, 2.05) is 13.8 Å². The number of hydrogen-bond acceptors (Lipinski definition) is 20. The lowest BCUT2D eigenvalue weighted by atomic mass is 9.41. The summed E-state index contributed by atoms with van der Waals surface area (Å²) in [4.78, 5) is 88.9. The first-order valence-corrected chi connectivity index (χ1v) is 26.1. The van der Waals surface area contributed by atoms with E-state index in [2.05, 4.69) is 20.8 Å². The molecule has 4 aliphatic carbocycles. The molecule has 0 amide bonds. The minimum Gasteiger partial charge on any atom is -0.463 e. The molecule has 0 aromatic carbocycles. The van der Waals surface area contributed by atoms with Gasteiger partial charge < -0.3 is 61.6 Å². The Morgan fingerprint density at radius 3 is 1.77 bits per heavy atom. The minimum atomic E-state index is -1.19. The van der Waals surface area contributed by atoms with Crippen LogP contribution in [0.1, 0.15) is 141 Å². The van der Waals surface area contributed by atoms with Crippen molar-refractivity contribution in [3.05, 3.63) is 0 Å². The van der Waals surface area contributed by atoms with Crippen LogP contribution >= 0.6 is 0 Å². The molecule has 20 unspecified atom stereocenters. The molecule has 2 saturated heterocycles. The molecule has 4 saturated carbocycles. The Kier molecular flexibility index (Phi) is 19.1. The highest BCUT2D eigenvalue weighted by Gasteiger charge is 2.74. The maximum absolute atomic E-state index is 13.5. The summed E-state index contributed by atoms with van der Waals surface area (Å²) in [6.45, 7) is 19.7. The molecule has 73 heavy (non-hydrogen) atoms. The fourth-order valence-electron chi connectivity index (χ4n) is 14.5. The average molecular weight is 1040 g/mol. The first-order valence-electron chi connectivity index (χ1n) is 26.1. The Morgan fingerprint density at radius 1 is 0.603 bits per heavy atom. The van der Waals surface area contributed by atoms with Crippen LogP contribution in [0.2, 0.25) is 0 Å². The zero-order valence-electron chi connectivity index (χ0n) is 45.3. The third kappa shape index (κ3) is 12.7. The summed E-state index contributed by atoms with van der Waals surface area (Å²) in [5.74, 6) is -4.49. The van der Waals surface area contributed by atoms with Gasteiger partial charge in [-0.2, -0.15) is 0 Å². The second-order valence-corrected chi connectivity index (χ2v) is 22.3. The van der Waals surface area contributed by atoms with E-state index in [-0.39, 0.29) is 61.3 Å². The van der Waals surface area contributed by atoms with E-state index in [0.29, 0.717) is 44.9 Å². The van der Waals surface area contributed by atoms with Gasteiger partial charge in [-0.15, -0.1) is 0 Å². The van der Waals surface area contributed by atoms with Crippen LogP contribution < -0.4 is 0 Å². The third-order valence-electron chi connectivity index (χ3n) is 17.1. The maximum atomic E-state index is 13.5. The Morgan fingerprint density at radius 2 is 1.19 bits per heavy atom. The van der Waals surface area contributed by atoms with Gasteiger partial charge in [-0.3, -0.25) is 33.6 Å². The smallest absolute Gasteiger partial charge is 0.303 e. The van der Waals surface area contributed by atoms with Gasteiger partial charge in [0.25, 0.3) is 0 Å². The number of carbonyl (C=O) groups is 7. The number of hydrogen-bond donors (Lipinski definition) is 0. The van der Waals surface area contributed by atoms with Gasteiger partial charge in [0.1, 0.15) is 42.2 Å². The molecule has 20 heteroatoms. The zero-order chi connectivity index (χ0) is 53.9. The Labute approximate surface area is 429 Å². The van der Waals surface area contributed by atoms with Crippen molar-refractivity contribution in [2.45, 2.75) is 220 Å². The SMILES string of the molecule is COC1COC(OCC2OC(OC(CCC(C)C3CC(OC(C)=O)C4C3(C)CCC3C5(C)CCC(OC(C)=O)CC5C(OC(C)=O)CC34OC(C)=O)C(C)C)C(OC(C)=O)C2OC(C)=O)C(OC)C1OC(C)=O. The number of carbonyl (C=O) groups excluding carboxylic acids is 7. The molecule has 0 spiro atoms. The summed E-state index contributed by atoms with van der Waals surface area (Å²) < 4.78 is 78.6. The van der Waals surface area contributed by atoms with E-state index in [1.165, 1.54) is 62.7 Å². The molecule has 6 aliphatic rings. The van der Waals surface area contributed by atoms with Crippen LogP contribution in [-0.2, 0) is 95.1 Å². The Hall–Kier alpha value is -3.95. The van der Waals surface area contributed by atoms with Gasteiger partial charge in [-0.05, 0) is 80.0 Å². The van der Waals surface area contributed by atoms with Crippen molar-refractivity contribution in [1.29, 1.82) is 0 Å². The fraction of sp³-hybridized carbons (Fsp3) is 0.868. The number of ether oxygens (including phenoxy) is 13. The monoisotopic (exact) mass is 1040 g/mol. The lowest BCUT2D eigenvalue weighted by molar-refractivity contribution is -0.290. The van der Waals surface area contributed by atoms with Gasteiger partial charge in [0.2, 0.25) is 0 Å². The van der Waals surface area contributed by atoms with Crippen molar-refractivity contribution in [2.75, 3.05) is 27.4 Å². The standard InChI is InChI=1S/C53H82O20/c1-26(2)38(71-50-47(70-33(9)59)45(69-32(8)58)42(72-50)25-64-49-46(62-14)44(68-31(7)57)41(61-13)24-63-49)16-15-27(3)36-22-39(66-29(5)55)48-52(36,12)20-18-43-51(11)19-17-35(65-28(4)54)21-37(51)40(67-30(6)56)23-53(43,48)73-34(10)60/h26-27,35-50H,15-25H2,1-14H3. The number of methoxy groups -OCH3 is 2. The molecule has 2 aliphatic heterocycles. The quantitative estimate of drug-likeness (QED) is 0.111. The van der Waals surface area contributed by atoms with Crippen LogP contribution in [-0.4, -0.2) is 148 Å². The number of rotatable bonds is 19. The Bertz CT molecular complexity index is 1990. The van der Waals surface area contributed by atoms with Crippen molar-refractivity contribution in [2.24, 2.45) is 46.3 Å². The summed E-state index contributed by atoms with van der Waals surface area (Å²) in [5.41, 5.74) is -2.16. The molecule has 6 fully saturated rings. The summed E-state index contributed by atoms with van der Waals surface area (Å²) >= 11 is 0. The zero-order valence-corrected chi connectivity index (χ0v) is 45.3. The lowest BCUT2D eigenvalue weighted by Gasteiger charge is -2.67. The van der Waals surface area contributed by atoms with E-state index in [0.717, 1.165) is 6.42 Å². The van der Waals surface area contributed by atoms with Crippen molar-refractivity contribution >= 4 is 41.8 Å². The molecule has 414 valence electrons. The number of esters is 7. The largest absolute Gasteiger partial charge is 0.463 e. The predicted molar refractivity (Wildman–Crippen MR) is 254 cm³/mol. The molecule has 2 heterocycles. The topological polar surface area (TPSA) is 239 Å². The summed E-state index contributed by atoms with van der Waals surface area (Å²) in [6, 6.07) is 0. The van der Waals surface area contributed by atoms with Crippen LogP contribution in [0.15, 0.2) is 0 Å². The van der Waals surface area contributed by atoms with E-state index in [9.17, 15) is 33.6 Å². The van der Waals surface area contributed by atoms with E-state index >= 15 is 0 Å². The highest BCUT2D eigenvalue weighted by atomic mass is 16.8. The summed E-state index contributed by atoms with van der Waals surface area (Å²) in [6.07, 6.45) is -4.96. The lowest BCUT2D eigenvalue weighted by Crippen LogP contribution is -2.70. The average Bonchev–Trinajstić information content (AvgIpc) is 3.75. The van der Waals surface area contributed by atoms with Crippen LogP contribution in [0.3, 0.4) is 0 Å². The second kappa shape index (κ2) is 23.9. The van der Waals surface area contributed by atoms with Crippen LogP contribution in [0.5, 0.6) is 0 Å². The summed E-state index contributed by atoms with van der Waals surface area (Å²) in [7, 11) is 2.88. The predicted octanol–water partition coefficient (Wildman–Crippen LogP) is 5.73. The third-order valence-corrected chi connectivity index (χ3v) is 17.1. The first-order chi connectivity index (χ1) is 34.3. The van der Waals surface area contributed by atoms with E-state index in [4.69, 9.17) is 61.6 Å². The van der Waals surface area contributed by atoms with Crippen molar-refractivity contribution in [1.82, 2.24) is 0 Å². The van der Waals surface area contributed by atoms with Gasteiger partial charge in [0, 0.05) is 86.9 Å². The molecule has 0 radical (unpaired) electrons. The molecule has 0 N–H and O–H groups in total. The normalized spacial score (nSPS) is 39.6. The fourth-order valence-corrected chi connectivity index (χ4v) is 14.5. The molecular formula is C53H82O20. The number of fused-ring (bicyclic) bond motifs is 5. The molecule has 0 aromatic heterocycles. The Balaban J connectivity index is 1.25. The van der Waals surface area contributed by atoms with Crippen LogP contribution in [0.25, 0.3) is 0 Å². The molecular weight excluding hydrogens is 957 g/mol. The molecule has 0 aromatic rings. The maximum Gasteiger partial charge on any atom is 0.303 e.